The van der Waals surface area contributed by atoms with Crippen LogP contribution in [0.25, 0.3) is 22.6 Å². The molecule has 4 nitrogen and oxygen atoms in total. The molecule has 1 aromatic heterocycles. The molecule has 0 amide bonds. The predicted octanol–water partition coefficient (Wildman–Crippen LogP) is 7.70. The number of benzene rings is 3. The van der Waals surface area contributed by atoms with Gasteiger partial charge in [0.2, 0.25) is 0 Å². The Kier molecular flexibility index (Phi) is 6.36. The third kappa shape index (κ3) is 4.89. The van der Waals surface area contributed by atoms with Crippen molar-refractivity contribution in [2.75, 3.05) is 0 Å². The summed E-state index contributed by atoms with van der Waals surface area (Å²) >= 11 is 0. The Morgan fingerprint density at radius 2 is 1.68 bits per heavy atom. The van der Waals surface area contributed by atoms with Crippen LogP contribution in [0, 0.1) is 13.8 Å². The number of phenols is 1. The van der Waals surface area contributed by atoms with Crippen LogP contribution < -0.4 is 0 Å². The second kappa shape index (κ2) is 9.51. The fraction of sp³-hybridized carbons (Fsp3) is 0.273. The van der Waals surface area contributed by atoms with E-state index in [0.717, 1.165) is 62.8 Å². The number of hydrogen-bond acceptors (Lipinski definition) is 4. The number of fused-ring (bicyclic) bond motifs is 2. The van der Waals surface area contributed by atoms with Gasteiger partial charge in [-0.1, -0.05) is 63.2 Å². The number of para-hydroxylation sites is 1. The molecule has 0 radical (unpaired) electrons. The molecular formula is C33H33NO3. The molecule has 37 heavy (non-hydrogen) atoms. The van der Waals surface area contributed by atoms with Gasteiger partial charge in [-0.3, -0.25) is 0 Å². The molecule has 0 saturated heterocycles. The predicted molar refractivity (Wildman–Crippen MR) is 150 cm³/mol. The first kappa shape index (κ1) is 24.8. The fourth-order valence-electron chi connectivity index (χ4n) is 5.15. The van der Waals surface area contributed by atoms with E-state index in [9.17, 15) is 9.90 Å². The van der Waals surface area contributed by atoms with Gasteiger partial charge >= 0.3 is 5.97 Å². The Balaban J connectivity index is 1.50. The zero-order valence-corrected chi connectivity index (χ0v) is 22.2. The second-order valence-electron chi connectivity index (χ2n) is 11.0. The molecule has 4 aromatic rings. The first-order valence-electron chi connectivity index (χ1n) is 12.8. The topological polar surface area (TPSA) is 59.4 Å². The van der Waals surface area contributed by atoms with E-state index in [0.29, 0.717) is 5.56 Å². The normalized spacial score (nSPS) is 14.2. The van der Waals surface area contributed by atoms with Crippen molar-refractivity contribution in [2.24, 2.45) is 0 Å². The third-order valence-corrected chi connectivity index (χ3v) is 7.29. The van der Waals surface area contributed by atoms with Gasteiger partial charge in [0.05, 0.1) is 16.8 Å². The number of aromatic nitrogens is 1. The summed E-state index contributed by atoms with van der Waals surface area (Å²) in [5.74, 6) is -0.0685. The van der Waals surface area contributed by atoms with Gasteiger partial charge in [0.1, 0.15) is 12.4 Å². The van der Waals surface area contributed by atoms with E-state index in [1.54, 1.807) is 12.1 Å². The Morgan fingerprint density at radius 3 is 2.35 bits per heavy atom. The minimum Gasteiger partial charge on any atom is -0.508 e. The van der Waals surface area contributed by atoms with Crippen molar-refractivity contribution in [2.45, 2.75) is 59.5 Å². The number of aromatic hydroxyl groups is 1. The first-order chi connectivity index (χ1) is 17.6. The molecule has 0 bridgehead atoms. The maximum Gasteiger partial charge on any atom is 0.339 e. The zero-order valence-electron chi connectivity index (χ0n) is 22.2. The van der Waals surface area contributed by atoms with Gasteiger partial charge in [0, 0.05) is 5.39 Å². The molecule has 1 N–H and O–H groups in total. The lowest BCUT2D eigenvalue weighted by atomic mass is 9.84. The van der Waals surface area contributed by atoms with E-state index < -0.39 is 0 Å². The van der Waals surface area contributed by atoms with Crippen LogP contribution in [-0.4, -0.2) is 16.1 Å². The van der Waals surface area contributed by atoms with Gasteiger partial charge in [-0.15, -0.1) is 0 Å². The SMILES string of the molecule is Cc1cc(C(C)(C)C)cc(C)c1COC(=O)c1c2c(nc3ccccc13)/C(=C/c1ccc(O)cc1)CC2. The summed E-state index contributed by atoms with van der Waals surface area (Å²) in [4.78, 5) is 18.6. The Hall–Kier alpha value is -3.92. The summed E-state index contributed by atoms with van der Waals surface area (Å²) in [5.41, 5.74) is 9.98. The summed E-state index contributed by atoms with van der Waals surface area (Å²) < 4.78 is 5.99. The van der Waals surface area contributed by atoms with Gasteiger partial charge in [0.15, 0.2) is 0 Å². The van der Waals surface area contributed by atoms with Gasteiger partial charge in [0.25, 0.3) is 0 Å². The highest BCUT2D eigenvalue weighted by Crippen LogP contribution is 2.38. The molecule has 1 aliphatic carbocycles. The molecule has 3 aromatic carbocycles. The quantitative estimate of drug-likeness (QED) is 0.297. The van der Waals surface area contributed by atoms with E-state index in [2.05, 4.69) is 52.8 Å². The third-order valence-electron chi connectivity index (χ3n) is 7.29. The number of pyridine rings is 1. The maximum atomic E-state index is 13.6. The van der Waals surface area contributed by atoms with Crippen LogP contribution in [0.3, 0.4) is 0 Å². The highest BCUT2D eigenvalue weighted by atomic mass is 16.5. The van der Waals surface area contributed by atoms with Crippen LogP contribution in [0.2, 0.25) is 0 Å². The fourth-order valence-corrected chi connectivity index (χ4v) is 5.15. The van der Waals surface area contributed by atoms with Crippen molar-refractivity contribution in [1.29, 1.82) is 0 Å². The van der Waals surface area contributed by atoms with Gasteiger partial charge in [-0.05, 0) is 95.3 Å². The van der Waals surface area contributed by atoms with E-state index in [1.165, 1.54) is 5.56 Å². The number of nitrogens with zero attached hydrogens (tertiary/aromatic N) is 1. The summed E-state index contributed by atoms with van der Waals surface area (Å²) in [6, 6.07) is 19.3. The van der Waals surface area contributed by atoms with E-state index >= 15 is 0 Å². The average molecular weight is 492 g/mol. The molecular weight excluding hydrogens is 458 g/mol. The van der Waals surface area contributed by atoms with E-state index in [4.69, 9.17) is 9.72 Å². The minimum atomic E-state index is -0.306. The highest BCUT2D eigenvalue weighted by Gasteiger charge is 2.28. The van der Waals surface area contributed by atoms with Gasteiger partial charge < -0.3 is 9.84 Å². The van der Waals surface area contributed by atoms with Crippen molar-refractivity contribution in [1.82, 2.24) is 4.98 Å². The van der Waals surface area contributed by atoms with Crippen LogP contribution in [0.1, 0.15) is 76.6 Å². The standard InChI is InChI=1S/C33H33NO3/c1-20-16-24(33(3,4)5)17-21(2)28(20)19-37-32(36)30-26-8-6-7-9-29(26)34-31-23(12-15-27(30)31)18-22-10-13-25(35)14-11-22/h6-11,13-14,16-18,35H,12,15,19H2,1-5H3/b23-18+. The molecule has 0 atom stereocenters. The highest BCUT2D eigenvalue weighted by molar-refractivity contribution is 6.07. The van der Waals surface area contributed by atoms with Crippen LogP contribution in [0.4, 0.5) is 0 Å². The smallest absolute Gasteiger partial charge is 0.339 e. The van der Waals surface area contributed by atoms with Crippen molar-refractivity contribution in [3.63, 3.8) is 0 Å². The summed E-state index contributed by atoms with van der Waals surface area (Å²) in [6.07, 6.45) is 3.62. The van der Waals surface area contributed by atoms with E-state index in [1.807, 2.05) is 36.4 Å². The number of ether oxygens (including phenoxy) is 1. The molecule has 0 saturated carbocycles. The zero-order chi connectivity index (χ0) is 26.3. The molecule has 0 unspecified atom stereocenters. The van der Waals surface area contributed by atoms with Gasteiger partial charge in [-0.25, -0.2) is 9.78 Å². The molecule has 188 valence electrons. The summed E-state index contributed by atoms with van der Waals surface area (Å²) in [5, 5.41) is 10.5. The van der Waals surface area contributed by atoms with Crippen LogP contribution in [0.5, 0.6) is 5.75 Å². The monoisotopic (exact) mass is 491 g/mol. The van der Waals surface area contributed by atoms with Crippen molar-refractivity contribution in [3.05, 3.63) is 105 Å². The van der Waals surface area contributed by atoms with Crippen molar-refractivity contribution < 1.29 is 14.6 Å². The number of carbonyl (C=O) groups is 1. The number of rotatable bonds is 4. The summed E-state index contributed by atoms with van der Waals surface area (Å²) in [7, 11) is 0. The van der Waals surface area contributed by atoms with Crippen molar-refractivity contribution in [3.8, 4) is 5.75 Å². The molecule has 1 aliphatic rings. The molecule has 1 heterocycles. The second-order valence-corrected chi connectivity index (χ2v) is 11.0. The Labute approximate surface area is 218 Å². The lowest BCUT2D eigenvalue weighted by molar-refractivity contribution is 0.0472. The van der Waals surface area contributed by atoms with Crippen molar-refractivity contribution >= 4 is 28.5 Å². The number of phenolic OH excluding ortho intramolecular Hbond substituents is 1. The Bertz CT molecular complexity index is 1520. The number of aryl methyl sites for hydroxylation is 2. The number of esters is 1. The van der Waals surface area contributed by atoms with Crippen LogP contribution in [0.15, 0.2) is 60.7 Å². The molecule has 4 heteroatoms. The molecule has 0 aliphatic heterocycles. The lowest BCUT2D eigenvalue weighted by Crippen LogP contribution is -2.14. The molecule has 5 rings (SSSR count). The van der Waals surface area contributed by atoms with Crippen LogP contribution in [-0.2, 0) is 23.2 Å². The Morgan fingerprint density at radius 1 is 1.00 bits per heavy atom. The average Bonchev–Trinajstić information content (AvgIpc) is 3.24. The first-order valence-corrected chi connectivity index (χ1v) is 12.8. The molecule has 0 spiro atoms. The minimum absolute atomic E-state index is 0.0621. The number of carbonyl (C=O) groups excluding carboxylic acids is 1. The summed E-state index contributed by atoms with van der Waals surface area (Å²) in [6.45, 7) is 11.0. The van der Waals surface area contributed by atoms with Gasteiger partial charge in [-0.2, -0.15) is 0 Å². The van der Waals surface area contributed by atoms with Crippen LogP contribution >= 0.6 is 0 Å². The number of allylic oxidation sites excluding steroid dienone is 1. The van der Waals surface area contributed by atoms with E-state index in [-0.39, 0.29) is 23.7 Å². The lowest BCUT2D eigenvalue weighted by Gasteiger charge is -2.22. The largest absolute Gasteiger partial charge is 0.508 e. The maximum absolute atomic E-state index is 13.6. The number of hydrogen-bond donors (Lipinski definition) is 1. The molecule has 0 fully saturated rings.